The maximum atomic E-state index is 6.05. The predicted octanol–water partition coefficient (Wildman–Crippen LogP) is 2.43. The average Bonchev–Trinajstić information content (AvgIpc) is 2.14. The van der Waals surface area contributed by atoms with Gasteiger partial charge in [-0.15, -0.1) is 22.2 Å². The molecule has 0 atom stereocenters. The fourth-order valence-corrected chi connectivity index (χ4v) is 2.48. The number of halogens is 2. The van der Waals surface area contributed by atoms with E-state index in [1.54, 1.807) is 7.11 Å². The van der Waals surface area contributed by atoms with Crippen LogP contribution < -0.4 is 9.92 Å². The Labute approximate surface area is 94.2 Å². The van der Waals surface area contributed by atoms with Gasteiger partial charge in [-0.05, 0) is 23.9 Å². The van der Waals surface area contributed by atoms with Gasteiger partial charge < -0.3 is 9.47 Å². The van der Waals surface area contributed by atoms with Crippen molar-refractivity contribution in [3.05, 3.63) is 24.3 Å². The van der Waals surface area contributed by atoms with E-state index in [0.717, 1.165) is 10.9 Å². The van der Waals surface area contributed by atoms with Crippen molar-refractivity contribution in [1.29, 1.82) is 0 Å². The summed E-state index contributed by atoms with van der Waals surface area (Å²) in [5, 5.41) is 0.977. The Bertz CT molecular complexity index is 282. The van der Waals surface area contributed by atoms with E-state index in [4.69, 9.17) is 31.6 Å². The van der Waals surface area contributed by atoms with Crippen molar-refractivity contribution in [3.63, 3.8) is 0 Å². The van der Waals surface area contributed by atoms with E-state index in [0.29, 0.717) is 0 Å². The number of methoxy groups -OCH3 is 1. The fourth-order valence-electron chi connectivity index (χ4n) is 0.971. The van der Waals surface area contributed by atoms with E-state index in [1.807, 2.05) is 30.8 Å². The third-order valence-electron chi connectivity index (χ3n) is 1.70. The third kappa shape index (κ3) is 3.50. The maximum Gasteiger partial charge on any atom is 0.277 e. The molecule has 0 amide bonds. The van der Waals surface area contributed by atoms with E-state index >= 15 is 0 Å². The van der Waals surface area contributed by atoms with Gasteiger partial charge >= 0.3 is 0 Å². The molecule has 0 radical (unpaired) electrons. The summed E-state index contributed by atoms with van der Waals surface area (Å²) in [5.41, 5.74) is 0. The number of hydrogen-bond acceptors (Lipinski definition) is 2. The topological polar surface area (TPSA) is 18.5 Å². The van der Waals surface area contributed by atoms with Crippen molar-refractivity contribution in [2.24, 2.45) is 0 Å². The van der Waals surface area contributed by atoms with Crippen molar-refractivity contribution < 1.29 is 9.47 Å². The summed E-state index contributed by atoms with van der Waals surface area (Å²) in [6, 6.07) is 7.45. The fraction of sp³-hybridized carbons (Fsp3) is 0.333. The third-order valence-corrected chi connectivity index (χ3v) is 4.36. The van der Waals surface area contributed by atoms with Gasteiger partial charge in [-0.2, -0.15) is 0 Å². The van der Waals surface area contributed by atoms with Crippen molar-refractivity contribution in [2.45, 2.75) is 6.55 Å². The molecule has 5 heteroatoms. The molecule has 1 aromatic carbocycles. The first kappa shape index (κ1) is 11.8. The predicted molar refractivity (Wildman–Crippen MR) is 61.9 cm³/mol. The lowest BCUT2D eigenvalue weighted by Crippen LogP contribution is -2.32. The number of rotatable bonds is 4. The van der Waals surface area contributed by atoms with Gasteiger partial charge in [0.1, 0.15) is 5.75 Å². The first-order chi connectivity index (χ1) is 6.54. The Morgan fingerprint density at radius 1 is 1.21 bits per heavy atom. The van der Waals surface area contributed by atoms with E-state index in [-0.39, 0.29) is 6.79 Å². The molecule has 1 rings (SSSR count). The molecule has 0 aromatic heterocycles. The smallest absolute Gasteiger partial charge is 0.277 e. The molecule has 14 heavy (non-hydrogen) atoms. The molecule has 0 aliphatic rings. The number of ether oxygens (including phenoxy) is 2. The molecule has 0 spiro atoms. The highest BCUT2D eigenvalue weighted by molar-refractivity contribution is 7.50. The second-order valence-electron chi connectivity index (χ2n) is 2.96. The average molecular weight is 251 g/mol. The van der Waals surface area contributed by atoms with Gasteiger partial charge in [0.2, 0.25) is 0 Å². The molecule has 0 fully saturated rings. The van der Waals surface area contributed by atoms with Gasteiger partial charge in [-0.25, -0.2) is 0 Å². The molecule has 0 aliphatic carbocycles. The van der Waals surface area contributed by atoms with Crippen LogP contribution in [0.3, 0.4) is 0 Å². The monoisotopic (exact) mass is 250 g/mol. The van der Waals surface area contributed by atoms with E-state index in [9.17, 15) is 0 Å². The second-order valence-corrected chi connectivity index (χ2v) is 10.4. The van der Waals surface area contributed by atoms with Crippen LogP contribution in [0.2, 0.25) is 6.55 Å². The largest absolute Gasteiger partial charge is 0.468 e. The van der Waals surface area contributed by atoms with Crippen molar-refractivity contribution in [3.8, 4) is 5.75 Å². The standard InChI is InChI=1S/C9H12Cl2O2Si/c1-12-7-13-8-3-5-9(6-4-8)14(2,10)11/h3-6H,7H2,1-2H3. The molecule has 0 bridgehead atoms. The van der Waals surface area contributed by atoms with E-state index in [1.165, 1.54) is 0 Å². The molecular weight excluding hydrogens is 239 g/mol. The highest BCUT2D eigenvalue weighted by Gasteiger charge is 2.23. The molecule has 0 N–H and O–H groups in total. The summed E-state index contributed by atoms with van der Waals surface area (Å²) in [7, 11) is 1.58. The minimum absolute atomic E-state index is 0.246. The summed E-state index contributed by atoms with van der Waals surface area (Å²) in [5.74, 6) is 0.752. The Balaban J connectivity index is 2.69. The highest BCUT2D eigenvalue weighted by Crippen LogP contribution is 2.16. The molecule has 78 valence electrons. The van der Waals surface area contributed by atoms with Gasteiger partial charge in [0.15, 0.2) is 6.79 Å². The minimum atomic E-state index is -2.23. The van der Waals surface area contributed by atoms with Gasteiger partial charge in [-0.1, -0.05) is 12.1 Å². The van der Waals surface area contributed by atoms with Crippen LogP contribution in [0.4, 0.5) is 0 Å². The molecular formula is C9H12Cl2O2Si. The SMILES string of the molecule is COCOc1ccc([Si](C)(Cl)Cl)cc1. The molecule has 0 saturated carbocycles. The lowest BCUT2D eigenvalue weighted by atomic mass is 10.3. The molecule has 2 nitrogen and oxygen atoms in total. The molecule has 0 saturated heterocycles. The molecule has 1 aromatic rings. The quantitative estimate of drug-likeness (QED) is 0.465. The Morgan fingerprint density at radius 2 is 1.79 bits per heavy atom. The van der Waals surface area contributed by atoms with Gasteiger partial charge in [-0.3, -0.25) is 0 Å². The summed E-state index contributed by atoms with van der Waals surface area (Å²) in [4.78, 5) is 0. The molecule has 0 aliphatic heterocycles. The lowest BCUT2D eigenvalue weighted by Gasteiger charge is -2.11. The molecule has 0 heterocycles. The Hall–Kier alpha value is -0.223. The zero-order chi connectivity index (χ0) is 10.6. The minimum Gasteiger partial charge on any atom is -0.468 e. The maximum absolute atomic E-state index is 6.05. The Morgan fingerprint density at radius 3 is 2.21 bits per heavy atom. The zero-order valence-corrected chi connectivity index (χ0v) is 10.6. The van der Waals surface area contributed by atoms with Gasteiger partial charge in [0.05, 0.1) is 0 Å². The van der Waals surface area contributed by atoms with Crippen LogP contribution >= 0.6 is 22.2 Å². The van der Waals surface area contributed by atoms with Gasteiger partial charge in [0, 0.05) is 7.11 Å². The summed E-state index contributed by atoms with van der Waals surface area (Å²) in [6.07, 6.45) is 0. The van der Waals surface area contributed by atoms with Gasteiger partial charge in [0.25, 0.3) is 6.69 Å². The number of hydrogen-bond donors (Lipinski definition) is 0. The normalized spacial score (nSPS) is 11.4. The summed E-state index contributed by atoms with van der Waals surface area (Å²) in [6.45, 7) is -0.122. The highest BCUT2D eigenvalue weighted by atomic mass is 35.7. The van der Waals surface area contributed by atoms with Crippen molar-refractivity contribution in [1.82, 2.24) is 0 Å². The van der Waals surface area contributed by atoms with Crippen LogP contribution in [-0.2, 0) is 4.74 Å². The van der Waals surface area contributed by atoms with Crippen molar-refractivity contribution >= 4 is 34.0 Å². The van der Waals surface area contributed by atoms with Crippen molar-refractivity contribution in [2.75, 3.05) is 13.9 Å². The Kier molecular flexibility index (Phi) is 4.25. The van der Waals surface area contributed by atoms with Crippen LogP contribution in [0, 0.1) is 0 Å². The lowest BCUT2D eigenvalue weighted by molar-refractivity contribution is 0.0511. The zero-order valence-electron chi connectivity index (χ0n) is 8.09. The van der Waals surface area contributed by atoms with Crippen LogP contribution in [-0.4, -0.2) is 20.6 Å². The first-order valence-electron chi connectivity index (χ1n) is 4.14. The van der Waals surface area contributed by atoms with Crippen LogP contribution in [0.5, 0.6) is 5.75 Å². The molecule has 0 unspecified atom stereocenters. The summed E-state index contributed by atoms with van der Waals surface area (Å²) < 4.78 is 10.0. The van der Waals surface area contributed by atoms with E-state index in [2.05, 4.69) is 0 Å². The first-order valence-corrected chi connectivity index (χ1v) is 8.66. The summed E-state index contributed by atoms with van der Waals surface area (Å²) >= 11 is 12.1. The van der Waals surface area contributed by atoms with Crippen LogP contribution in [0.15, 0.2) is 24.3 Å². The second kappa shape index (κ2) is 5.03. The number of benzene rings is 1. The van der Waals surface area contributed by atoms with E-state index < -0.39 is 6.69 Å². The van der Waals surface area contributed by atoms with Crippen LogP contribution in [0.25, 0.3) is 0 Å². The van der Waals surface area contributed by atoms with Crippen LogP contribution in [0.1, 0.15) is 0 Å².